The number of hydrogen-bond donors (Lipinski definition) is 0. The standard InChI is InChI=1S/C23H29N3O4S/c1-4-21-19(18-10-6-7-11-22(18)30-21)16-25(3)23(27)20-14-17(15-24(20)2)31(28,29)26-12-8-5-9-13-26/h6-7,10-11,14-15H,4-5,8-9,12-13,16H2,1-3H3. The number of nitrogens with zero attached hydrogens (tertiary/aromatic N) is 3. The molecular weight excluding hydrogens is 414 g/mol. The van der Waals surface area contributed by atoms with Crippen LogP contribution in [0.25, 0.3) is 11.0 Å². The molecule has 31 heavy (non-hydrogen) atoms. The van der Waals surface area contributed by atoms with Gasteiger partial charge in [-0.05, 0) is 25.0 Å². The molecule has 166 valence electrons. The van der Waals surface area contributed by atoms with Crippen LogP contribution in [0.2, 0.25) is 0 Å². The molecule has 0 radical (unpaired) electrons. The Balaban J connectivity index is 1.59. The average Bonchev–Trinajstić information content (AvgIpc) is 3.34. The topological polar surface area (TPSA) is 75.8 Å². The lowest BCUT2D eigenvalue weighted by Crippen LogP contribution is -2.35. The molecule has 1 amide bonds. The van der Waals surface area contributed by atoms with Crippen LogP contribution in [0.4, 0.5) is 0 Å². The van der Waals surface area contributed by atoms with Crippen molar-refractivity contribution in [1.29, 1.82) is 0 Å². The Morgan fingerprint density at radius 3 is 2.58 bits per heavy atom. The molecule has 3 heterocycles. The predicted octanol–water partition coefficient (Wildman–Crippen LogP) is 3.78. The van der Waals surface area contributed by atoms with E-state index in [-0.39, 0.29) is 10.8 Å². The van der Waals surface area contributed by atoms with Gasteiger partial charge in [0.1, 0.15) is 21.9 Å². The normalized spacial score (nSPS) is 15.5. The number of rotatable bonds is 6. The van der Waals surface area contributed by atoms with E-state index in [2.05, 4.69) is 0 Å². The summed E-state index contributed by atoms with van der Waals surface area (Å²) in [5, 5.41) is 0.999. The van der Waals surface area contributed by atoms with Crippen molar-refractivity contribution in [2.75, 3.05) is 20.1 Å². The smallest absolute Gasteiger partial charge is 0.270 e. The van der Waals surface area contributed by atoms with Crippen molar-refractivity contribution in [2.45, 2.75) is 44.0 Å². The molecule has 4 rings (SSSR count). The van der Waals surface area contributed by atoms with Gasteiger partial charge < -0.3 is 13.9 Å². The Kier molecular flexibility index (Phi) is 5.94. The number of furan rings is 1. The fourth-order valence-electron chi connectivity index (χ4n) is 4.26. The molecule has 7 nitrogen and oxygen atoms in total. The molecule has 0 unspecified atom stereocenters. The van der Waals surface area contributed by atoms with Crippen LogP contribution in [0.3, 0.4) is 0 Å². The lowest BCUT2D eigenvalue weighted by molar-refractivity contribution is 0.0775. The van der Waals surface area contributed by atoms with Crippen molar-refractivity contribution in [2.24, 2.45) is 7.05 Å². The maximum atomic E-state index is 13.2. The molecule has 0 saturated carbocycles. The summed E-state index contributed by atoms with van der Waals surface area (Å²) < 4.78 is 35.1. The highest BCUT2D eigenvalue weighted by Crippen LogP contribution is 2.28. The van der Waals surface area contributed by atoms with E-state index >= 15 is 0 Å². The first-order valence-corrected chi connectivity index (χ1v) is 12.2. The van der Waals surface area contributed by atoms with E-state index in [1.807, 2.05) is 31.2 Å². The number of hydrogen-bond acceptors (Lipinski definition) is 4. The van der Waals surface area contributed by atoms with Crippen molar-refractivity contribution in [3.63, 3.8) is 0 Å². The lowest BCUT2D eigenvalue weighted by Gasteiger charge is -2.25. The summed E-state index contributed by atoms with van der Waals surface area (Å²) in [6, 6.07) is 9.30. The Labute approximate surface area is 183 Å². The van der Waals surface area contributed by atoms with Gasteiger partial charge in [-0.25, -0.2) is 8.42 Å². The van der Waals surface area contributed by atoms with Crippen LogP contribution in [0.15, 0.2) is 45.8 Å². The van der Waals surface area contributed by atoms with Crippen molar-refractivity contribution >= 4 is 26.9 Å². The van der Waals surface area contributed by atoms with E-state index in [0.29, 0.717) is 25.3 Å². The number of carbonyl (C=O) groups excluding carboxylic acids is 1. The Morgan fingerprint density at radius 1 is 1.16 bits per heavy atom. The Morgan fingerprint density at radius 2 is 1.87 bits per heavy atom. The number of para-hydroxylation sites is 1. The van der Waals surface area contributed by atoms with Crippen LogP contribution in [0.5, 0.6) is 0 Å². The first kappa shape index (κ1) is 21.6. The fraction of sp³-hybridized carbons (Fsp3) is 0.435. The number of piperidine rings is 1. The summed E-state index contributed by atoms with van der Waals surface area (Å²) in [5.41, 5.74) is 2.15. The van der Waals surface area contributed by atoms with Gasteiger partial charge in [0.15, 0.2) is 0 Å². The molecule has 1 aromatic carbocycles. The maximum absolute atomic E-state index is 13.2. The van der Waals surface area contributed by atoms with Crippen LogP contribution in [0.1, 0.15) is 48.0 Å². The van der Waals surface area contributed by atoms with Crippen molar-refractivity contribution in [3.8, 4) is 0 Å². The number of sulfonamides is 1. The fourth-order valence-corrected chi connectivity index (χ4v) is 5.84. The van der Waals surface area contributed by atoms with Gasteiger partial charge in [0, 0.05) is 57.3 Å². The van der Waals surface area contributed by atoms with Gasteiger partial charge in [0.05, 0.1) is 0 Å². The Bertz CT molecular complexity index is 1200. The lowest BCUT2D eigenvalue weighted by atomic mass is 10.1. The molecule has 0 spiro atoms. The van der Waals surface area contributed by atoms with E-state index in [9.17, 15) is 13.2 Å². The van der Waals surface area contributed by atoms with Gasteiger partial charge in [0.2, 0.25) is 10.0 Å². The van der Waals surface area contributed by atoms with Crippen molar-refractivity contribution < 1.29 is 17.6 Å². The molecule has 1 saturated heterocycles. The van der Waals surface area contributed by atoms with E-state index in [4.69, 9.17) is 4.42 Å². The van der Waals surface area contributed by atoms with E-state index < -0.39 is 10.0 Å². The van der Waals surface area contributed by atoms with Crippen LogP contribution < -0.4 is 0 Å². The van der Waals surface area contributed by atoms with E-state index in [1.165, 1.54) is 16.6 Å². The average molecular weight is 444 g/mol. The second kappa shape index (κ2) is 8.51. The molecule has 1 aliphatic heterocycles. The first-order chi connectivity index (χ1) is 14.8. The van der Waals surface area contributed by atoms with Crippen molar-refractivity contribution in [1.82, 2.24) is 13.8 Å². The van der Waals surface area contributed by atoms with Gasteiger partial charge in [0.25, 0.3) is 5.91 Å². The number of aromatic nitrogens is 1. The van der Waals surface area contributed by atoms with Crippen LogP contribution >= 0.6 is 0 Å². The molecular formula is C23H29N3O4S. The molecule has 2 aromatic heterocycles. The van der Waals surface area contributed by atoms with Crippen LogP contribution in [-0.2, 0) is 30.0 Å². The van der Waals surface area contributed by atoms with Gasteiger partial charge in [-0.2, -0.15) is 4.31 Å². The van der Waals surface area contributed by atoms with Crippen molar-refractivity contribution in [3.05, 3.63) is 53.5 Å². The zero-order chi connectivity index (χ0) is 22.2. The molecule has 0 atom stereocenters. The minimum atomic E-state index is -3.59. The summed E-state index contributed by atoms with van der Waals surface area (Å²) in [5.74, 6) is 0.635. The minimum Gasteiger partial charge on any atom is -0.461 e. The molecule has 3 aromatic rings. The van der Waals surface area contributed by atoms with Gasteiger partial charge in [-0.1, -0.05) is 31.5 Å². The van der Waals surface area contributed by atoms with E-state index in [1.54, 1.807) is 23.6 Å². The number of fused-ring (bicyclic) bond motifs is 1. The summed E-state index contributed by atoms with van der Waals surface area (Å²) in [6.07, 6.45) is 5.07. The van der Waals surface area contributed by atoms with Crippen LogP contribution in [-0.4, -0.2) is 48.2 Å². The molecule has 1 fully saturated rings. The quantitative estimate of drug-likeness (QED) is 0.581. The molecule has 8 heteroatoms. The van der Waals surface area contributed by atoms with Crippen LogP contribution in [0, 0.1) is 0 Å². The minimum absolute atomic E-state index is 0.177. The van der Waals surface area contributed by atoms with E-state index in [0.717, 1.165) is 48.0 Å². The number of aryl methyl sites for hydroxylation is 2. The van der Waals surface area contributed by atoms with Gasteiger partial charge >= 0.3 is 0 Å². The number of amides is 1. The monoisotopic (exact) mass is 443 g/mol. The summed E-state index contributed by atoms with van der Waals surface area (Å²) in [4.78, 5) is 15.0. The third kappa shape index (κ3) is 4.02. The summed E-state index contributed by atoms with van der Waals surface area (Å²) in [6.45, 7) is 3.48. The Hall–Kier alpha value is -2.58. The third-order valence-corrected chi connectivity index (χ3v) is 7.86. The molecule has 0 N–H and O–H groups in total. The molecule has 0 aliphatic carbocycles. The highest BCUT2D eigenvalue weighted by Gasteiger charge is 2.29. The number of carbonyl (C=O) groups is 1. The zero-order valence-electron chi connectivity index (χ0n) is 18.3. The number of benzene rings is 1. The zero-order valence-corrected chi connectivity index (χ0v) is 19.1. The predicted molar refractivity (Wildman–Crippen MR) is 119 cm³/mol. The SMILES string of the molecule is CCc1oc2ccccc2c1CN(C)C(=O)c1cc(S(=O)(=O)N2CCCCC2)cn1C. The third-order valence-electron chi connectivity index (χ3n) is 6.00. The molecule has 0 bridgehead atoms. The molecule has 1 aliphatic rings. The highest BCUT2D eigenvalue weighted by molar-refractivity contribution is 7.89. The summed E-state index contributed by atoms with van der Waals surface area (Å²) >= 11 is 0. The first-order valence-electron chi connectivity index (χ1n) is 10.7. The van der Waals surface area contributed by atoms with Gasteiger partial charge in [-0.3, -0.25) is 4.79 Å². The summed E-state index contributed by atoms with van der Waals surface area (Å²) in [7, 11) is -0.145. The highest BCUT2D eigenvalue weighted by atomic mass is 32.2. The van der Waals surface area contributed by atoms with Gasteiger partial charge in [-0.15, -0.1) is 0 Å². The second-order valence-electron chi connectivity index (χ2n) is 8.15. The second-order valence-corrected chi connectivity index (χ2v) is 10.1. The maximum Gasteiger partial charge on any atom is 0.270 e. The largest absolute Gasteiger partial charge is 0.461 e.